The van der Waals surface area contributed by atoms with Crippen LogP contribution in [-0.2, 0) is 46.7 Å². The van der Waals surface area contributed by atoms with Crippen LogP contribution < -0.4 is 20.7 Å². The Morgan fingerprint density at radius 3 is 2.07 bits per heavy atom. The molecule has 19 heteroatoms. The zero-order valence-electron chi connectivity index (χ0n) is 39.0. The summed E-state index contributed by atoms with van der Waals surface area (Å²) in [6.45, 7) is 5.09. The van der Waals surface area contributed by atoms with Crippen LogP contribution in [0, 0.1) is 16.0 Å². The number of rotatable bonds is 27. The minimum Gasteiger partial charge on any atom is -0.493 e. The number of amides is 4. The Hall–Kier alpha value is -8.35. The SMILES string of the molecule is CCCCCC(C(=O)NCNC(=O)c1ccc(-c2ccc(C(=O)NC(CC(=O)OCc3ccccc3)C(=O)OCc3ccccc3)c(OCC)c2)o1)[C@@H](CC)N(C=O)OC(=O)c1ccc([N+](=O)[O-])cc1. The molecule has 0 saturated heterocycles. The first kappa shape index (κ1) is 52.6. The highest BCUT2D eigenvalue weighted by atomic mass is 16.7. The number of benzene rings is 4. The lowest BCUT2D eigenvalue weighted by Gasteiger charge is -2.31. The smallest absolute Gasteiger partial charge is 0.363 e. The summed E-state index contributed by atoms with van der Waals surface area (Å²) in [5, 5.41) is 19.7. The maximum Gasteiger partial charge on any atom is 0.363 e. The fourth-order valence-corrected chi connectivity index (χ4v) is 7.19. The Kier molecular flexibility index (Phi) is 20.2. The van der Waals surface area contributed by atoms with Crippen LogP contribution in [0.15, 0.2) is 120 Å². The van der Waals surface area contributed by atoms with Gasteiger partial charge in [-0.05, 0) is 67.3 Å². The summed E-state index contributed by atoms with van der Waals surface area (Å²) < 4.78 is 22.6. The van der Waals surface area contributed by atoms with Crippen LogP contribution in [0.3, 0.4) is 0 Å². The van der Waals surface area contributed by atoms with Crippen LogP contribution in [0.5, 0.6) is 5.75 Å². The molecule has 2 unspecified atom stereocenters. The van der Waals surface area contributed by atoms with E-state index in [0.29, 0.717) is 30.4 Å². The molecule has 1 heterocycles. The molecule has 0 spiro atoms. The predicted molar refractivity (Wildman–Crippen MR) is 252 cm³/mol. The monoisotopic (exact) mass is 961 g/mol. The van der Waals surface area contributed by atoms with Crippen molar-refractivity contribution in [3.05, 3.63) is 153 Å². The Morgan fingerprint density at radius 1 is 0.786 bits per heavy atom. The van der Waals surface area contributed by atoms with E-state index in [4.69, 9.17) is 23.5 Å². The van der Waals surface area contributed by atoms with Crippen LogP contribution in [0.2, 0.25) is 0 Å². The van der Waals surface area contributed by atoms with Crippen LogP contribution in [0.1, 0.15) is 102 Å². The molecule has 0 fully saturated rings. The van der Waals surface area contributed by atoms with Gasteiger partial charge in [0.25, 0.3) is 17.5 Å². The minimum atomic E-state index is -1.42. The topological polar surface area (TPSA) is 252 Å². The van der Waals surface area contributed by atoms with Gasteiger partial charge in [0.05, 0.1) is 47.7 Å². The third kappa shape index (κ3) is 15.3. The normalized spacial score (nSPS) is 12.0. The van der Waals surface area contributed by atoms with Gasteiger partial charge in [0.1, 0.15) is 30.8 Å². The number of nitrogens with zero attached hydrogens (tertiary/aromatic N) is 2. The van der Waals surface area contributed by atoms with E-state index in [2.05, 4.69) is 16.0 Å². The molecule has 4 aromatic carbocycles. The molecule has 5 aromatic rings. The van der Waals surface area contributed by atoms with Crippen molar-refractivity contribution in [1.82, 2.24) is 21.0 Å². The predicted octanol–water partition coefficient (Wildman–Crippen LogP) is 7.24. The third-order valence-corrected chi connectivity index (χ3v) is 10.9. The largest absolute Gasteiger partial charge is 0.493 e. The highest BCUT2D eigenvalue weighted by Gasteiger charge is 2.34. The van der Waals surface area contributed by atoms with Gasteiger partial charge in [-0.15, -0.1) is 0 Å². The zero-order chi connectivity index (χ0) is 50.4. The second-order valence-corrected chi connectivity index (χ2v) is 15.7. The fourth-order valence-electron chi connectivity index (χ4n) is 7.19. The second kappa shape index (κ2) is 26.9. The molecule has 0 aliphatic rings. The number of non-ortho nitro benzene ring substituents is 1. The number of nitro groups is 1. The van der Waals surface area contributed by atoms with Gasteiger partial charge in [0, 0.05) is 17.7 Å². The van der Waals surface area contributed by atoms with E-state index < -0.39 is 65.0 Å². The number of carbonyl (C=O) groups is 7. The number of nitrogens with one attached hydrogen (secondary N) is 3. The van der Waals surface area contributed by atoms with E-state index >= 15 is 0 Å². The van der Waals surface area contributed by atoms with Crippen LogP contribution in [-0.4, -0.2) is 77.4 Å². The molecular weight excluding hydrogens is 907 g/mol. The van der Waals surface area contributed by atoms with E-state index in [0.717, 1.165) is 35.6 Å². The van der Waals surface area contributed by atoms with Crippen LogP contribution in [0.25, 0.3) is 11.3 Å². The quantitative estimate of drug-likeness (QED) is 0.0117. The molecule has 4 amide bonds. The molecule has 0 aliphatic heterocycles. The number of unbranched alkanes of at least 4 members (excludes halogenated alkanes) is 2. The van der Waals surface area contributed by atoms with Gasteiger partial charge in [-0.1, -0.05) is 99.8 Å². The molecule has 3 N–H and O–H groups in total. The number of hydrogen-bond acceptors (Lipinski definition) is 14. The van der Waals surface area contributed by atoms with E-state index in [1.165, 1.54) is 36.4 Å². The number of hydrogen-bond donors (Lipinski definition) is 3. The summed E-state index contributed by atoms with van der Waals surface area (Å²) in [5.74, 6) is -5.13. The van der Waals surface area contributed by atoms with Crippen molar-refractivity contribution >= 4 is 47.7 Å². The number of hydroxylamine groups is 2. The number of nitro benzene ring substituents is 1. The van der Waals surface area contributed by atoms with E-state index in [1.54, 1.807) is 68.4 Å². The van der Waals surface area contributed by atoms with Crippen molar-refractivity contribution in [3.8, 4) is 17.1 Å². The summed E-state index contributed by atoms with van der Waals surface area (Å²) in [7, 11) is 0. The van der Waals surface area contributed by atoms with Crippen molar-refractivity contribution in [3.63, 3.8) is 0 Å². The summed E-state index contributed by atoms with van der Waals surface area (Å²) >= 11 is 0. The van der Waals surface area contributed by atoms with Crippen molar-refractivity contribution < 1.29 is 62.0 Å². The lowest BCUT2D eigenvalue weighted by atomic mass is 9.90. The summed E-state index contributed by atoms with van der Waals surface area (Å²) in [5.41, 5.74) is 1.61. The number of furan rings is 1. The number of esters is 2. The van der Waals surface area contributed by atoms with Crippen LogP contribution >= 0.6 is 0 Å². The molecule has 0 radical (unpaired) electrons. The maximum absolute atomic E-state index is 13.8. The average molecular weight is 962 g/mol. The molecule has 0 bridgehead atoms. The van der Waals surface area contributed by atoms with E-state index in [1.807, 2.05) is 19.1 Å². The third-order valence-electron chi connectivity index (χ3n) is 10.9. The molecule has 19 nitrogen and oxygen atoms in total. The van der Waals surface area contributed by atoms with Crippen molar-refractivity contribution in [2.24, 2.45) is 5.92 Å². The number of carbonyl (C=O) groups excluding carboxylic acids is 7. The summed E-state index contributed by atoms with van der Waals surface area (Å²) in [4.78, 5) is 108. The van der Waals surface area contributed by atoms with Crippen molar-refractivity contribution in [2.75, 3.05) is 13.3 Å². The molecule has 368 valence electrons. The highest BCUT2D eigenvalue weighted by Crippen LogP contribution is 2.30. The van der Waals surface area contributed by atoms with Crippen molar-refractivity contribution in [1.29, 1.82) is 0 Å². The van der Waals surface area contributed by atoms with Gasteiger partial charge in [-0.2, -0.15) is 5.06 Å². The van der Waals surface area contributed by atoms with Gasteiger partial charge < -0.3 is 39.4 Å². The van der Waals surface area contributed by atoms with E-state index in [9.17, 15) is 43.7 Å². The first-order chi connectivity index (χ1) is 33.8. The lowest BCUT2D eigenvalue weighted by Crippen LogP contribution is -2.49. The standard InChI is InChI=1S/C51H55N5O14/c1-4-7-10-19-39(42(5-2)55(33-57)70-50(62)36-20-23-38(24-21-36)56(64)65)47(59)52-32-53-49(61)44-27-26-43(69-44)37-22-25-40(45(28-37)66-6-3)48(60)54-41(51(63)68-31-35-17-13-9-14-18-35)29-46(58)67-30-34-15-11-8-12-16-34/h8-9,11-18,20-28,33,39,41-42H,4-7,10,19,29-32H2,1-3H3,(H,52,59)(H,53,61)(H,54,60)/t39?,41?,42-/m1/s1. The zero-order valence-corrected chi connectivity index (χ0v) is 39.0. The average Bonchev–Trinajstić information content (AvgIpc) is 3.88. The molecule has 5 rings (SSSR count). The molecule has 1 aromatic heterocycles. The molecule has 0 aliphatic carbocycles. The Labute approximate surface area is 403 Å². The number of ether oxygens (including phenoxy) is 3. The van der Waals surface area contributed by atoms with Crippen LogP contribution in [0.4, 0.5) is 5.69 Å². The molecular formula is C51H55N5O14. The maximum atomic E-state index is 13.8. The van der Waals surface area contributed by atoms with Gasteiger partial charge in [-0.25, -0.2) is 9.59 Å². The second-order valence-electron chi connectivity index (χ2n) is 15.7. The Morgan fingerprint density at radius 2 is 1.46 bits per heavy atom. The summed E-state index contributed by atoms with van der Waals surface area (Å²) in [6, 6.07) is 27.7. The first-order valence-corrected chi connectivity index (χ1v) is 22.7. The van der Waals surface area contributed by atoms with Crippen molar-refractivity contribution in [2.45, 2.75) is 84.6 Å². The first-order valence-electron chi connectivity index (χ1n) is 22.7. The van der Waals surface area contributed by atoms with Gasteiger partial charge in [0.15, 0.2) is 5.76 Å². The molecule has 70 heavy (non-hydrogen) atoms. The lowest BCUT2D eigenvalue weighted by molar-refractivity contribution is -0.384. The van der Waals surface area contributed by atoms with Gasteiger partial charge in [0.2, 0.25) is 12.3 Å². The summed E-state index contributed by atoms with van der Waals surface area (Å²) in [6.07, 6.45) is 2.55. The van der Waals surface area contributed by atoms with Gasteiger partial charge >= 0.3 is 17.9 Å². The van der Waals surface area contributed by atoms with Gasteiger partial charge in [-0.3, -0.25) is 34.1 Å². The molecule has 3 atom stereocenters. The Balaban J connectivity index is 1.23. The fraction of sp³-hybridized carbons (Fsp3) is 0.314. The molecule has 0 saturated carbocycles. The minimum absolute atomic E-state index is 0.0293. The Bertz CT molecular complexity index is 2570. The highest BCUT2D eigenvalue weighted by molar-refractivity contribution is 6.00. The van der Waals surface area contributed by atoms with E-state index in [-0.39, 0.29) is 67.0 Å².